The Morgan fingerprint density at radius 1 is 1.33 bits per heavy atom. The summed E-state index contributed by atoms with van der Waals surface area (Å²) >= 11 is 1.11. The van der Waals surface area contributed by atoms with Crippen molar-refractivity contribution in [3.05, 3.63) is 28.7 Å². The maximum absolute atomic E-state index is 11.8. The van der Waals surface area contributed by atoms with Gasteiger partial charge in [-0.05, 0) is 30.0 Å². The number of hydrogen-bond acceptors (Lipinski definition) is 5. The van der Waals surface area contributed by atoms with Gasteiger partial charge >= 0.3 is 0 Å². The van der Waals surface area contributed by atoms with Crippen LogP contribution in [0.25, 0.3) is 6.08 Å². The van der Waals surface area contributed by atoms with Crippen LogP contribution in [0.3, 0.4) is 0 Å². The summed E-state index contributed by atoms with van der Waals surface area (Å²) in [5.74, 6) is 0.594. The van der Waals surface area contributed by atoms with E-state index in [0.717, 1.165) is 17.3 Å². The fourth-order valence-corrected chi connectivity index (χ4v) is 2.54. The summed E-state index contributed by atoms with van der Waals surface area (Å²) < 4.78 is 10.4. The Bertz CT molecular complexity index is 652. The van der Waals surface area contributed by atoms with Gasteiger partial charge in [-0.25, -0.2) is 0 Å². The molecule has 21 heavy (non-hydrogen) atoms. The Labute approximate surface area is 126 Å². The number of rotatable bonds is 3. The molecule has 0 saturated heterocycles. The molecule has 0 fully saturated rings. The second-order valence-electron chi connectivity index (χ2n) is 4.12. The highest BCUT2D eigenvalue weighted by molar-refractivity contribution is 8.18. The van der Waals surface area contributed by atoms with Gasteiger partial charge in [0.25, 0.3) is 5.91 Å². The molecule has 0 bridgehead atoms. The number of amides is 2. The fourth-order valence-electron chi connectivity index (χ4n) is 1.69. The molecule has 1 aliphatic rings. The van der Waals surface area contributed by atoms with Gasteiger partial charge in [0, 0.05) is 18.6 Å². The van der Waals surface area contributed by atoms with Crippen molar-refractivity contribution in [2.24, 2.45) is 4.99 Å². The van der Waals surface area contributed by atoms with Crippen molar-refractivity contribution in [2.75, 3.05) is 14.2 Å². The van der Waals surface area contributed by atoms with Crippen LogP contribution in [-0.2, 0) is 9.59 Å². The third-order valence-electron chi connectivity index (χ3n) is 2.63. The number of nitrogens with one attached hydrogen (secondary N) is 1. The monoisotopic (exact) mass is 306 g/mol. The zero-order chi connectivity index (χ0) is 15.4. The topological polar surface area (TPSA) is 77.0 Å². The average Bonchev–Trinajstić information content (AvgIpc) is 2.78. The fraction of sp³-hybridized carbons (Fsp3) is 0.214. The third kappa shape index (κ3) is 3.63. The van der Waals surface area contributed by atoms with Crippen molar-refractivity contribution in [3.63, 3.8) is 0 Å². The third-order valence-corrected chi connectivity index (χ3v) is 3.53. The molecule has 7 heteroatoms. The Morgan fingerprint density at radius 3 is 2.71 bits per heavy atom. The molecule has 1 aromatic rings. The van der Waals surface area contributed by atoms with E-state index in [1.807, 2.05) is 0 Å². The second kappa shape index (κ2) is 6.45. The maximum Gasteiger partial charge on any atom is 0.286 e. The van der Waals surface area contributed by atoms with Crippen LogP contribution in [0.5, 0.6) is 11.5 Å². The number of amidine groups is 1. The highest BCUT2D eigenvalue weighted by atomic mass is 32.2. The van der Waals surface area contributed by atoms with Crippen LogP contribution in [0.2, 0.25) is 0 Å². The van der Waals surface area contributed by atoms with E-state index in [4.69, 9.17) is 9.47 Å². The summed E-state index contributed by atoms with van der Waals surface area (Å²) in [6.07, 6.45) is 1.67. The van der Waals surface area contributed by atoms with E-state index in [0.29, 0.717) is 16.4 Å². The molecule has 2 amide bonds. The van der Waals surface area contributed by atoms with E-state index < -0.39 is 0 Å². The van der Waals surface area contributed by atoms with Crippen molar-refractivity contribution in [1.29, 1.82) is 0 Å². The zero-order valence-electron chi connectivity index (χ0n) is 11.8. The normalized spacial score (nSPS) is 15.9. The molecule has 0 aromatic heterocycles. The van der Waals surface area contributed by atoms with Gasteiger partial charge in [-0.15, -0.1) is 0 Å². The van der Waals surface area contributed by atoms with E-state index in [1.54, 1.807) is 38.5 Å². The first-order chi connectivity index (χ1) is 10.0. The Hall–Kier alpha value is -2.28. The van der Waals surface area contributed by atoms with Crippen molar-refractivity contribution >= 4 is 34.8 Å². The van der Waals surface area contributed by atoms with E-state index in [1.165, 1.54) is 6.92 Å². The number of nitrogens with zero attached hydrogens (tertiary/aromatic N) is 1. The highest BCUT2D eigenvalue weighted by Gasteiger charge is 2.23. The summed E-state index contributed by atoms with van der Waals surface area (Å²) in [5, 5.41) is 2.78. The maximum atomic E-state index is 11.8. The first kappa shape index (κ1) is 15.1. The number of thioether (sulfide) groups is 1. The standard InChI is InChI=1S/C14H14N2O4S/c1-8(17)15-14-16-13(18)12(21-14)6-9-4-5-10(19-2)7-11(9)20-3/h4-7H,1-3H3,(H,15,16,17,18)/b12-6+. The lowest BCUT2D eigenvalue weighted by Gasteiger charge is -2.07. The molecule has 1 heterocycles. The predicted octanol–water partition coefficient (Wildman–Crippen LogP) is 1.81. The van der Waals surface area contributed by atoms with Gasteiger partial charge in [0.2, 0.25) is 5.91 Å². The van der Waals surface area contributed by atoms with E-state index in [9.17, 15) is 9.59 Å². The minimum absolute atomic E-state index is 0.266. The Kier molecular flexibility index (Phi) is 4.64. The van der Waals surface area contributed by atoms with Gasteiger partial charge in [0.05, 0.1) is 19.1 Å². The molecule has 0 spiro atoms. The molecule has 2 rings (SSSR count). The lowest BCUT2D eigenvalue weighted by Crippen LogP contribution is -2.23. The molecule has 0 atom stereocenters. The van der Waals surface area contributed by atoms with Gasteiger partial charge in [0.15, 0.2) is 5.17 Å². The largest absolute Gasteiger partial charge is 0.497 e. The molecule has 110 valence electrons. The molecule has 0 aliphatic carbocycles. The molecular formula is C14H14N2O4S. The summed E-state index contributed by atoms with van der Waals surface area (Å²) in [6.45, 7) is 1.36. The quantitative estimate of drug-likeness (QED) is 0.862. The van der Waals surface area contributed by atoms with Crippen LogP contribution in [0.1, 0.15) is 12.5 Å². The van der Waals surface area contributed by atoms with E-state index in [-0.39, 0.29) is 17.0 Å². The van der Waals surface area contributed by atoms with Crippen LogP contribution in [0.4, 0.5) is 0 Å². The number of benzene rings is 1. The summed E-state index contributed by atoms with van der Waals surface area (Å²) in [7, 11) is 3.11. The highest BCUT2D eigenvalue weighted by Crippen LogP contribution is 2.32. The number of ether oxygens (including phenoxy) is 2. The van der Waals surface area contributed by atoms with Crippen LogP contribution in [0, 0.1) is 0 Å². The van der Waals surface area contributed by atoms with Gasteiger partial charge < -0.3 is 14.8 Å². The summed E-state index contributed by atoms with van der Waals surface area (Å²) in [4.78, 5) is 27.0. The first-order valence-electron chi connectivity index (χ1n) is 6.05. The van der Waals surface area contributed by atoms with Crippen molar-refractivity contribution < 1.29 is 19.1 Å². The lowest BCUT2D eigenvalue weighted by molar-refractivity contribution is -0.117. The van der Waals surface area contributed by atoms with Gasteiger partial charge in [0.1, 0.15) is 11.5 Å². The molecule has 0 radical (unpaired) electrons. The first-order valence-corrected chi connectivity index (χ1v) is 6.87. The van der Waals surface area contributed by atoms with Crippen molar-refractivity contribution in [1.82, 2.24) is 5.32 Å². The number of methoxy groups -OCH3 is 2. The minimum atomic E-state index is -0.387. The Balaban J connectivity index is 2.25. The summed E-state index contributed by atoms with van der Waals surface area (Å²) in [6, 6.07) is 5.29. The number of hydrogen-bond donors (Lipinski definition) is 1. The predicted molar refractivity (Wildman–Crippen MR) is 81.4 cm³/mol. The van der Waals surface area contributed by atoms with Crippen LogP contribution < -0.4 is 14.8 Å². The van der Waals surface area contributed by atoms with Crippen LogP contribution >= 0.6 is 11.8 Å². The van der Waals surface area contributed by atoms with Gasteiger partial charge in [-0.3, -0.25) is 9.59 Å². The molecular weight excluding hydrogens is 292 g/mol. The number of carbonyl (C=O) groups is 2. The van der Waals surface area contributed by atoms with Crippen molar-refractivity contribution in [2.45, 2.75) is 6.92 Å². The zero-order valence-corrected chi connectivity index (χ0v) is 12.6. The number of aliphatic imine (C=N–C) groups is 1. The van der Waals surface area contributed by atoms with Crippen LogP contribution in [0.15, 0.2) is 28.1 Å². The molecule has 0 saturated carbocycles. The van der Waals surface area contributed by atoms with E-state index in [2.05, 4.69) is 10.3 Å². The molecule has 6 nitrogen and oxygen atoms in total. The molecule has 1 aliphatic heterocycles. The smallest absolute Gasteiger partial charge is 0.286 e. The van der Waals surface area contributed by atoms with Gasteiger partial charge in [-0.1, -0.05) is 0 Å². The minimum Gasteiger partial charge on any atom is -0.497 e. The summed E-state index contributed by atoms with van der Waals surface area (Å²) in [5.41, 5.74) is 0.730. The lowest BCUT2D eigenvalue weighted by atomic mass is 10.1. The Morgan fingerprint density at radius 2 is 2.10 bits per heavy atom. The van der Waals surface area contributed by atoms with E-state index >= 15 is 0 Å². The SMILES string of the molecule is COc1ccc(/C=C2/SC(NC(C)=O)=NC2=O)c(OC)c1. The van der Waals surface area contributed by atoms with Gasteiger partial charge in [-0.2, -0.15) is 4.99 Å². The average molecular weight is 306 g/mol. The molecule has 1 aromatic carbocycles. The van der Waals surface area contributed by atoms with Crippen LogP contribution in [-0.4, -0.2) is 31.2 Å². The van der Waals surface area contributed by atoms with Crippen molar-refractivity contribution in [3.8, 4) is 11.5 Å². The molecule has 0 unspecified atom stereocenters. The second-order valence-corrected chi connectivity index (χ2v) is 5.15. The number of carbonyl (C=O) groups excluding carboxylic acids is 2. The molecule has 1 N–H and O–H groups in total.